The number of rotatable bonds is 4. The molecular weight excluding hydrogens is 244 g/mol. The SMILES string of the molecule is CCc1ccc(CC(O)C2CN(C)CCN2C)s1. The molecule has 0 bridgehead atoms. The molecule has 0 aromatic carbocycles. The van der Waals surface area contributed by atoms with Crippen LogP contribution in [-0.4, -0.2) is 60.8 Å². The Morgan fingerprint density at radius 3 is 2.72 bits per heavy atom. The van der Waals surface area contributed by atoms with Crippen LogP contribution in [0.4, 0.5) is 0 Å². The summed E-state index contributed by atoms with van der Waals surface area (Å²) >= 11 is 1.84. The Labute approximate surface area is 114 Å². The van der Waals surface area contributed by atoms with Crippen molar-refractivity contribution in [3.8, 4) is 0 Å². The van der Waals surface area contributed by atoms with E-state index in [0.29, 0.717) is 0 Å². The van der Waals surface area contributed by atoms with E-state index in [0.717, 1.165) is 32.5 Å². The van der Waals surface area contributed by atoms with E-state index in [2.05, 4.69) is 43.0 Å². The maximum absolute atomic E-state index is 10.4. The summed E-state index contributed by atoms with van der Waals surface area (Å²) in [5.74, 6) is 0. The molecule has 0 saturated carbocycles. The molecule has 18 heavy (non-hydrogen) atoms. The Morgan fingerprint density at radius 2 is 2.06 bits per heavy atom. The molecule has 1 saturated heterocycles. The summed E-state index contributed by atoms with van der Waals surface area (Å²) < 4.78 is 0. The van der Waals surface area contributed by atoms with Crippen molar-refractivity contribution in [3.05, 3.63) is 21.9 Å². The molecule has 2 atom stereocenters. The molecule has 2 heterocycles. The van der Waals surface area contributed by atoms with Gasteiger partial charge in [-0.25, -0.2) is 0 Å². The van der Waals surface area contributed by atoms with E-state index in [-0.39, 0.29) is 12.1 Å². The van der Waals surface area contributed by atoms with Gasteiger partial charge in [-0.3, -0.25) is 4.90 Å². The standard InChI is InChI=1S/C14H24N2OS/c1-4-11-5-6-12(18-11)9-14(17)13-10-15(2)7-8-16(13)3/h5-6,13-14,17H,4,7-10H2,1-3H3. The Hall–Kier alpha value is -0.420. The molecule has 2 unspecified atom stereocenters. The summed E-state index contributed by atoms with van der Waals surface area (Å²) in [6, 6.07) is 4.61. The van der Waals surface area contributed by atoms with Crippen LogP contribution in [0.3, 0.4) is 0 Å². The molecule has 0 radical (unpaired) electrons. The Balaban J connectivity index is 1.95. The minimum absolute atomic E-state index is 0.260. The third-order valence-corrected chi connectivity index (χ3v) is 5.07. The number of nitrogens with zero attached hydrogens (tertiary/aromatic N) is 2. The van der Waals surface area contributed by atoms with Gasteiger partial charge in [0.15, 0.2) is 0 Å². The lowest BCUT2D eigenvalue weighted by molar-refractivity contribution is 0.0156. The van der Waals surface area contributed by atoms with E-state index < -0.39 is 0 Å². The number of likely N-dealkylation sites (N-methyl/N-ethyl adjacent to an activating group) is 2. The second-order valence-electron chi connectivity index (χ2n) is 5.30. The molecule has 102 valence electrons. The summed E-state index contributed by atoms with van der Waals surface area (Å²) in [5, 5.41) is 10.4. The van der Waals surface area contributed by atoms with E-state index in [1.54, 1.807) is 0 Å². The van der Waals surface area contributed by atoms with Crippen LogP contribution in [0.2, 0.25) is 0 Å². The highest BCUT2D eigenvalue weighted by molar-refractivity contribution is 7.11. The van der Waals surface area contributed by atoms with Crippen LogP contribution in [0.25, 0.3) is 0 Å². The van der Waals surface area contributed by atoms with Gasteiger partial charge < -0.3 is 10.0 Å². The van der Waals surface area contributed by atoms with Crippen molar-refractivity contribution in [2.24, 2.45) is 0 Å². The molecule has 0 amide bonds. The normalized spacial score (nSPS) is 24.3. The van der Waals surface area contributed by atoms with E-state index in [4.69, 9.17) is 0 Å². The van der Waals surface area contributed by atoms with Gasteiger partial charge in [-0.05, 0) is 32.6 Å². The fourth-order valence-corrected chi connectivity index (χ4v) is 3.53. The molecule has 1 aromatic rings. The average Bonchev–Trinajstić information content (AvgIpc) is 2.80. The predicted octanol–water partition coefficient (Wildman–Crippen LogP) is 1.46. The molecule has 0 aliphatic carbocycles. The number of piperazine rings is 1. The third kappa shape index (κ3) is 3.32. The highest BCUT2D eigenvalue weighted by Gasteiger charge is 2.28. The van der Waals surface area contributed by atoms with E-state index in [1.807, 2.05) is 11.3 Å². The quantitative estimate of drug-likeness (QED) is 0.895. The first-order valence-corrected chi connectivity index (χ1v) is 7.56. The van der Waals surface area contributed by atoms with Crippen LogP contribution in [0.15, 0.2) is 12.1 Å². The summed E-state index contributed by atoms with van der Waals surface area (Å²) in [7, 11) is 4.25. The lowest BCUT2D eigenvalue weighted by Crippen LogP contribution is -2.55. The molecule has 1 fully saturated rings. The van der Waals surface area contributed by atoms with E-state index in [9.17, 15) is 5.11 Å². The minimum Gasteiger partial charge on any atom is -0.391 e. The fourth-order valence-electron chi connectivity index (χ4n) is 2.52. The first-order valence-electron chi connectivity index (χ1n) is 6.74. The smallest absolute Gasteiger partial charge is 0.0755 e. The Kier molecular flexibility index (Phi) is 4.78. The number of aryl methyl sites for hydroxylation is 1. The van der Waals surface area contributed by atoms with Crippen molar-refractivity contribution < 1.29 is 5.11 Å². The number of hydrogen-bond acceptors (Lipinski definition) is 4. The van der Waals surface area contributed by atoms with Crippen LogP contribution in [0.5, 0.6) is 0 Å². The lowest BCUT2D eigenvalue weighted by atomic mass is 10.0. The molecule has 1 N–H and O–H groups in total. The van der Waals surface area contributed by atoms with Gasteiger partial charge >= 0.3 is 0 Å². The Bertz CT molecular complexity index is 380. The van der Waals surface area contributed by atoms with Crippen molar-refractivity contribution in [1.82, 2.24) is 9.80 Å². The van der Waals surface area contributed by atoms with Crippen molar-refractivity contribution in [2.45, 2.75) is 31.9 Å². The van der Waals surface area contributed by atoms with Gasteiger partial charge in [-0.15, -0.1) is 11.3 Å². The van der Waals surface area contributed by atoms with Gasteiger partial charge in [0.1, 0.15) is 0 Å². The lowest BCUT2D eigenvalue weighted by Gasteiger charge is -2.40. The summed E-state index contributed by atoms with van der Waals surface area (Å²) in [6.45, 7) is 5.28. The molecule has 1 aliphatic heterocycles. The summed E-state index contributed by atoms with van der Waals surface area (Å²) in [5.41, 5.74) is 0. The summed E-state index contributed by atoms with van der Waals surface area (Å²) in [4.78, 5) is 7.31. The maximum Gasteiger partial charge on any atom is 0.0755 e. The number of thiophene rings is 1. The van der Waals surface area contributed by atoms with Crippen LogP contribution in [0.1, 0.15) is 16.7 Å². The van der Waals surface area contributed by atoms with Gasteiger partial charge in [0.05, 0.1) is 6.10 Å². The molecular formula is C14H24N2OS. The van der Waals surface area contributed by atoms with Gasteiger partial charge in [0, 0.05) is 41.9 Å². The van der Waals surface area contributed by atoms with Crippen LogP contribution in [-0.2, 0) is 12.8 Å². The third-order valence-electron chi connectivity index (χ3n) is 3.82. The maximum atomic E-state index is 10.4. The average molecular weight is 268 g/mol. The van der Waals surface area contributed by atoms with Crippen molar-refractivity contribution >= 4 is 11.3 Å². The van der Waals surface area contributed by atoms with Gasteiger partial charge in [-0.1, -0.05) is 6.92 Å². The van der Waals surface area contributed by atoms with Gasteiger partial charge in [0.2, 0.25) is 0 Å². The van der Waals surface area contributed by atoms with E-state index in [1.165, 1.54) is 9.75 Å². The van der Waals surface area contributed by atoms with Crippen LogP contribution in [0, 0.1) is 0 Å². The van der Waals surface area contributed by atoms with Crippen LogP contribution >= 0.6 is 11.3 Å². The molecule has 4 heteroatoms. The minimum atomic E-state index is -0.263. The predicted molar refractivity (Wildman–Crippen MR) is 77.3 cm³/mol. The molecule has 0 spiro atoms. The van der Waals surface area contributed by atoms with Gasteiger partial charge in [-0.2, -0.15) is 0 Å². The molecule has 2 rings (SSSR count). The fraction of sp³-hybridized carbons (Fsp3) is 0.714. The highest BCUT2D eigenvalue weighted by atomic mass is 32.1. The largest absolute Gasteiger partial charge is 0.391 e. The monoisotopic (exact) mass is 268 g/mol. The second kappa shape index (κ2) is 6.15. The van der Waals surface area contributed by atoms with E-state index >= 15 is 0 Å². The topological polar surface area (TPSA) is 26.7 Å². The van der Waals surface area contributed by atoms with Crippen LogP contribution < -0.4 is 0 Å². The zero-order valence-electron chi connectivity index (χ0n) is 11.6. The number of hydrogen-bond donors (Lipinski definition) is 1. The molecule has 1 aromatic heterocycles. The molecule has 1 aliphatic rings. The van der Waals surface area contributed by atoms with Gasteiger partial charge in [0.25, 0.3) is 0 Å². The zero-order chi connectivity index (χ0) is 13.1. The Morgan fingerprint density at radius 1 is 1.33 bits per heavy atom. The first-order chi connectivity index (χ1) is 8.60. The first kappa shape index (κ1) is 14.0. The highest BCUT2D eigenvalue weighted by Crippen LogP contribution is 2.21. The zero-order valence-corrected chi connectivity index (χ0v) is 12.4. The second-order valence-corrected chi connectivity index (χ2v) is 6.56. The van der Waals surface area contributed by atoms with Crippen molar-refractivity contribution in [1.29, 1.82) is 0 Å². The summed E-state index contributed by atoms with van der Waals surface area (Å²) in [6.07, 6.45) is 1.61. The number of aliphatic hydroxyl groups is 1. The van der Waals surface area contributed by atoms with Crippen molar-refractivity contribution in [3.63, 3.8) is 0 Å². The van der Waals surface area contributed by atoms with Crippen molar-refractivity contribution in [2.75, 3.05) is 33.7 Å². The number of aliphatic hydroxyl groups excluding tert-OH is 1. The molecule has 3 nitrogen and oxygen atoms in total.